The van der Waals surface area contributed by atoms with E-state index in [1.54, 1.807) is 0 Å². The normalized spacial score (nSPS) is 11.0. The molecule has 0 aliphatic heterocycles. The zero-order valence-corrected chi connectivity index (χ0v) is 25.6. The molecule has 0 saturated heterocycles. The predicted octanol–water partition coefficient (Wildman–Crippen LogP) is 8.34. The van der Waals surface area contributed by atoms with Crippen LogP contribution in [0.3, 0.4) is 0 Å². The summed E-state index contributed by atoms with van der Waals surface area (Å²) < 4.78 is 13.9. The van der Waals surface area contributed by atoms with E-state index in [-0.39, 0.29) is 0 Å². The summed E-state index contributed by atoms with van der Waals surface area (Å²) in [5.41, 5.74) is 5.18. The Morgan fingerprint density at radius 3 is 0.870 bits per heavy atom. The summed E-state index contributed by atoms with van der Waals surface area (Å²) >= 11 is 14.5. The van der Waals surface area contributed by atoms with E-state index in [9.17, 15) is 0 Å². The van der Waals surface area contributed by atoms with Crippen LogP contribution >= 0.6 is 136 Å². The lowest BCUT2D eigenvalue weighted by atomic mass is 10.1. The van der Waals surface area contributed by atoms with Crippen molar-refractivity contribution in [2.45, 2.75) is 27.7 Å². The Morgan fingerprint density at radius 2 is 0.652 bits per heavy atom. The maximum Gasteiger partial charge on any atom is 0.154 e. The number of benzene rings is 2. The second-order valence-electron chi connectivity index (χ2n) is 5.14. The number of hydrogen-bond acceptors (Lipinski definition) is 1. The highest BCUT2D eigenvalue weighted by Gasteiger charge is 2.22. The molecule has 23 heavy (non-hydrogen) atoms. The minimum absolute atomic E-state index is 0.984. The van der Waals surface area contributed by atoms with Gasteiger partial charge in [0.15, 0.2) is 11.5 Å². The van der Waals surface area contributed by atoms with Crippen molar-refractivity contribution in [3.05, 3.63) is 43.7 Å². The molecule has 0 bridgehead atoms. The van der Waals surface area contributed by atoms with E-state index in [4.69, 9.17) is 4.74 Å². The van der Waals surface area contributed by atoms with Gasteiger partial charge in [-0.25, -0.2) is 0 Å². The molecule has 2 aromatic rings. The predicted molar refractivity (Wildman–Crippen MR) is 148 cm³/mol. The van der Waals surface area contributed by atoms with Crippen molar-refractivity contribution >= 4 is 136 Å². The molecule has 0 radical (unpaired) electrons. The third kappa shape index (κ3) is 4.22. The van der Waals surface area contributed by atoms with Crippen LogP contribution in [0.25, 0.3) is 0 Å². The Morgan fingerprint density at radius 1 is 0.435 bits per heavy atom. The lowest BCUT2D eigenvalue weighted by molar-refractivity contribution is 0.466. The average Bonchev–Trinajstić information content (AvgIpc) is 2.54. The van der Waals surface area contributed by atoms with E-state index in [0.717, 1.165) is 11.5 Å². The molecule has 124 valence electrons. The fraction of sp³-hybridized carbons (Fsp3) is 0.250. The minimum atomic E-state index is 0.984. The zero-order valence-electron chi connectivity index (χ0n) is 12.7. The highest BCUT2D eigenvalue weighted by Crippen LogP contribution is 2.43. The van der Waals surface area contributed by atoms with Gasteiger partial charge in [0, 0.05) is 7.14 Å². The van der Waals surface area contributed by atoms with E-state index < -0.39 is 0 Å². The van der Waals surface area contributed by atoms with Gasteiger partial charge in [-0.05, 0) is 185 Å². The Balaban J connectivity index is 2.71. The number of halogens is 6. The summed E-state index contributed by atoms with van der Waals surface area (Å²) in [6.45, 7) is 8.67. The van der Waals surface area contributed by atoms with Crippen molar-refractivity contribution < 1.29 is 4.74 Å². The quantitative estimate of drug-likeness (QED) is 0.276. The van der Waals surface area contributed by atoms with Crippen LogP contribution in [-0.2, 0) is 0 Å². The first-order valence-electron chi connectivity index (χ1n) is 6.54. The van der Waals surface area contributed by atoms with Crippen molar-refractivity contribution in [3.8, 4) is 11.5 Å². The summed E-state index contributed by atoms with van der Waals surface area (Å²) in [6, 6.07) is 0. The molecule has 0 amide bonds. The van der Waals surface area contributed by atoms with Crippen molar-refractivity contribution in [1.82, 2.24) is 0 Å². The van der Waals surface area contributed by atoms with Crippen molar-refractivity contribution in [3.63, 3.8) is 0 Å². The Hall–Kier alpha value is 2.62. The van der Waals surface area contributed by atoms with E-state index in [2.05, 4.69) is 163 Å². The largest absolute Gasteiger partial charge is 0.453 e. The standard InChI is InChI=1S/C16H12I6O/c1-5-9(17)6(2)12(20)15(11(5)19)23-16-13(21)7(3)10(18)8(4)14(16)22/h1-4H3. The van der Waals surface area contributed by atoms with Crippen LogP contribution in [0.4, 0.5) is 0 Å². The van der Waals surface area contributed by atoms with Gasteiger partial charge in [0.1, 0.15) is 0 Å². The molecule has 0 heterocycles. The molecule has 1 nitrogen and oxygen atoms in total. The lowest BCUT2D eigenvalue weighted by Crippen LogP contribution is -2.04. The highest BCUT2D eigenvalue weighted by atomic mass is 127. The maximum absolute atomic E-state index is 6.50. The Bertz CT molecular complexity index is 688. The first-order chi connectivity index (χ1) is 10.6. The first-order valence-corrected chi connectivity index (χ1v) is 13.0. The fourth-order valence-electron chi connectivity index (χ4n) is 2.10. The average molecular weight is 982 g/mol. The number of rotatable bonds is 2. The second-order valence-corrected chi connectivity index (χ2v) is 11.6. The molecule has 2 rings (SSSR count). The number of hydrogen-bond donors (Lipinski definition) is 0. The van der Waals surface area contributed by atoms with Gasteiger partial charge in [-0.15, -0.1) is 0 Å². The Kier molecular flexibility index (Phi) is 8.34. The van der Waals surface area contributed by atoms with Gasteiger partial charge in [-0.2, -0.15) is 0 Å². The van der Waals surface area contributed by atoms with Crippen molar-refractivity contribution in [1.29, 1.82) is 0 Å². The van der Waals surface area contributed by atoms with Crippen LogP contribution < -0.4 is 4.74 Å². The van der Waals surface area contributed by atoms with Gasteiger partial charge in [0.05, 0.1) is 14.3 Å². The molecule has 0 atom stereocenters. The van der Waals surface area contributed by atoms with Gasteiger partial charge < -0.3 is 4.74 Å². The molecular formula is C16H12I6O. The van der Waals surface area contributed by atoms with Crippen LogP contribution in [0, 0.1) is 49.1 Å². The maximum atomic E-state index is 6.50. The molecule has 0 aliphatic rings. The Labute approximate surface area is 219 Å². The van der Waals surface area contributed by atoms with Crippen molar-refractivity contribution in [2.75, 3.05) is 0 Å². The van der Waals surface area contributed by atoms with Gasteiger partial charge >= 0.3 is 0 Å². The topological polar surface area (TPSA) is 9.23 Å². The highest BCUT2D eigenvalue weighted by molar-refractivity contribution is 14.1. The second kappa shape index (κ2) is 8.75. The third-order valence-electron chi connectivity index (χ3n) is 3.64. The van der Waals surface area contributed by atoms with Gasteiger partial charge in [-0.1, -0.05) is 0 Å². The lowest BCUT2D eigenvalue weighted by Gasteiger charge is -2.20. The summed E-state index contributed by atoms with van der Waals surface area (Å²) in [5, 5.41) is 0. The molecule has 0 aromatic heterocycles. The summed E-state index contributed by atoms with van der Waals surface area (Å²) in [5.74, 6) is 1.97. The van der Waals surface area contributed by atoms with Crippen LogP contribution in [0.1, 0.15) is 22.3 Å². The molecular weight excluding hydrogens is 970 g/mol. The van der Waals surface area contributed by atoms with Crippen molar-refractivity contribution in [2.24, 2.45) is 0 Å². The smallest absolute Gasteiger partial charge is 0.154 e. The van der Waals surface area contributed by atoms with E-state index >= 15 is 0 Å². The van der Waals surface area contributed by atoms with E-state index in [1.807, 2.05) is 0 Å². The molecule has 7 heteroatoms. The molecule has 0 unspecified atom stereocenters. The van der Waals surface area contributed by atoms with Gasteiger partial charge in [0.25, 0.3) is 0 Å². The third-order valence-corrected chi connectivity index (χ3v) is 12.1. The number of ether oxygens (including phenoxy) is 1. The van der Waals surface area contributed by atoms with Gasteiger partial charge in [-0.3, -0.25) is 0 Å². The summed E-state index contributed by atoms with van der Waals surface area (Å²) in [4.78, 5) is 0. The van der Waals surface area contributed by atoms with Crippen LogP contribution in [0.2, 0.25) is 0 Å². The zero-order chi connectivity index (χ0) is 17.6. The molecule has 0 fully saturated rings. The molecule has 0 saturated carbocycles. The SMILES string of the molecule is Cc1c(I)c(C)c(I)c(Oc2c(I)c(C)c(I)c(C)c2I)c1I. The van der Waals surface area contributed by atoms with E-state index in [1.165, 1.54) is 43.7 Å². The van der Waals surface area contributed by atoms with E-state index in [0.29, 0.717) is 0 Å². The van der Waals surface area contributed by atoms with Crippen LogP contribution in [-0.4, -0.2) is 0 Å². The van der Waals surface area contributed by atoms with Gasteiger partial charge in [0.2, 0.25) is 0 Å². The monoisotopic (exact) mass is 982 g/mol. The summed E-state index contributed by atoms with van der Waals surface area (Å²) in [7, 11) is 0. The van der Waals surface area contributed by atoms with Crippen LogP contribution in [0.5, 0.6) is 11.5 Å². The minimum Gasteiger partial charge on any atom is -0.453 e. The molecule has 0 aliphatic carbocycles. The fourth-order valence-corrected chi connectivity index (χ4v) is 8.88. The molecule has 0 spiro atoms. The molecule has 2 aromatic carbocycles. The summed E-state index contributed by atoms with van der Waals surface area (Å²) in [6.07, 6.45) is 0. The first kappa shape index (κ1) is 21.9. The van der Waals surface area contributed by atoms with Crippen LogP contribution in [0.15, 0.2) is 0 Å². The molecule has 0 N–H and O–H groups in total.